The lowest BCUT2D eigenvalue weighted by Gasteiger charge is -2.08. The van der Waals surface area contributed by atoms with Gasteiger partial charge < -0.3 is 15.7 Å². The second-order valence-electron chi connectivity index (χ2n) is 5.83. The van der Waals surface area contributed by atoms with Gasteiger partial charge in [0.2, 0.25) is 15.9 Å². The minimum absolute atomic E-state index is 0.217. The van der Waals surface area contributed by atoms with Gasteiger partial charge in [-0.1, -0.05) is 12.1 Å². The minimum Gasteiger partial charge on any atom is -0.392 e. The van der Waals surface area contributed by atoms with Crippen molar-refractivity contribution >= 4 is 38.1 Å². The van der Waals surface area contributed by atoms with Crippen LogP contribution in [0, 0.1) is 0 Å². The van der Waals surface area contributed by atoms with Gasteiger partial charge in [-0.25, -0.2) is 13.4 Å². The Kier molecular flexibility index (Phi) is 5.04. The first-order chi connectivity index (χ1) is 11.8. The molecule has 1 saturated heterocycles. The molecule has 2 aromatic rings. The molecule has 8 nitrogen and oxygen atoms in total. The zero-order valence-electron chi connectivity index (χ0n) is 13.4. The van der Waals surface area contributed by atoms with Crippen LogP contribution in [0.25, 0.3) is 11.3 Å². The quantitative estimate of drug-likeness (QED) is 0.608. The number of nitrogens with zero attached hydrogens (tertiary/aromatic N) is 1. The van der Waals surface area contributed by atoms with Crippen LogP contribution in [0.5, 0.6) is 0 Å². The van der Waals surface area contributed by atoms with Gasteiger partial charge in [0.15, 0.2) is 5.13 Å². The summed E-state index contributed by atoms with van der Waals surface area (Å²) in [7, 11) is -3.31. The van der Waals surface area contributed by atoms with Crippen LogP contribution >= 0.6 is 11.3 Å². The van der Waals surface area contributed by atoms with E-state index in [0.717, 1.165) is 11.8 Å². The van der Waals surface area contributed by atoms with E-state index in [0.29, 0.717) is 29.5 Å². The molecule has 1 aromatic carbocycles. The molecule has 0 saturated carbocycles. The summed E-state index contributed by atoms with van der Waals surface area (Å²) < 4.78 is 24.8. The summed E-state index contributed by atoms with van der Waals surface area (Å²) in [6.07, 6.45) is 0.981. The molecule has 1 aromatic heterocycles. The fourth-order valence-corrected chi connectivity index (χ4v) is 3.78. The van der Waals surface area contributed by atoms with Crippen molar-refractivity contribution in [3.05, 3.63) is 29.6 Å². The van der Waals surface area contributed by atoms with Crippen LogP contribution in [-0.4, -0.2) is 49.4 Å². The molecule has 4 N–H and O–H groups in total. The van der Waals surface area contributed by atoms with Crippen LogP contribution in [-0.2, 0) is 14.8 Å². The van der Waals surface area contributed by atoms with Crippen molar-refractivity contribution in [2.45, 2.75) is 18.6 Å². The Labute approximate surface area is 149 Å². The smallest absolute Gasteiger partial charge is 0.243 e. The van der Waals surface area contributed by atoms with Crippen LogP contribution < -0.4 is 15.4 Å². The fourth-order valence-electron chi connectivity index (χ4n) is 2.50. The number of anilines is 2. The van der Waals surface area contributed by atoms with Crippen molar-refractivity contribution in [2.75, 3.05) is 22.8 Å². The number of hydrogen-bond acceptors (Lipinski definition) is 7. The van der Waals surface area contributed by atoms with E-state index in [1.54, 1.807) is 24.3 Å². The van der Waals surface area contributed by atoms with Crippen molar-refractivity contribution in [2.24, 2.45) is 0 Å². The Hall–Kier alpha value is -2.01. The summed E-state index contributed by atoms with van der Waals surface area (Å²) in [4.78, 5) is 16.5. The Morgan fingerprint density at radius 3 is 2.68 bits per heavy atom. The molecule has 2 unspecified atom stereocenters. The topological polar surface area (TPSA) is 120 Å². The number of benzene rings is 1. The number of aromatic nitrogens is 1. The molecule has 0 spiro atoms. The van der Waals surface area contributed by atoms with E-state index in [4.69, 9.17) is 0 Å². The second kappa shape index (κ2) is 7.08. The molecule has 1 fully saturated rings. The third kappa shape index (κ3) is 4.75. The van der Waals surface area contributed by atoms with Crippen LogP contribution in [0.3, 0.4) is 0 Å². The minimum atomic E-state index is -3.31. The van der Waals surface area contributed by atoms with Crippen molar-refractivity contribution in [3.8, 4) is 11.3 Å². The highest BCUT2D eigenvalue weighted by atomic mass is 32.2. The van der Waals surface area contributed by atoms with Crippen molar-refractivity contribution < 1.29 is 18.3 Å². The van der Waals surface area contributed by atoms with E-state index in [2.05, 4.69) is 20.3 Å². The molecule has 0 aliphatic carbocycles. The molecule has 134 valence electrons. The normalized spacial score (nSPS) is 20.4. The first kappa shape index (κ1) is 17.8. The van der Waals surface area contributed by atoms with Crippen LogP contribution in [0.4, 0.5) is 10.8 Å². The van der Waals surface area contributed by atoms with Gasteiger partial charge >= 0.3 is 0 Å². The molecule has 1 aliphatic rings. The molecule has 2 atom stereocenters. The number of rotatable bonds is 5. The zero-order chi connectivity index (χ0) is 18.0. The molecule has 10 heteroatoms. The molecule has 25 heavy (non-hydrogen) atoms. The standard InChI is InChI=1S/C15H18N4O4S2/c1-25(22,23)19-10-4-2-9(3-5-10)13-8-24-15(17-13)18-14(21)12-6-11(20)7-16-12/h2-5,8,11-12,16,19-20H,6-7H2,1H3,(H,17,18,21). The van der Waals surface area contributed by atoms with Gasteiger partial charge in [0, 0.05) is 23.2 Å². The SMILES string of the molecule is CS(=O)(=O)Nc1ccc(-c2csc(NC(=O)C3CC(O)CN3)n2)cc1. The van der Waals surface area contributed by atoms with Gasteiger partial charge in [-0.15, -0.1) is 11.3 Å². The van der Waals surface area contributed by atoms with E-state index in [1.165, 1.54) is 11.3 Å². The molecule has 1 aliphatic heterocycles. The highest BCUT2D eigenvalue weighted by Crippen LogP contribution is 2.26. The number of hydrogen-bond donors (Lipinski definition) is 4. The average Bonchev–Trinajstić information content (AvgIpc) is 3.16. The van der Waals surface area contributed by atoms with Crippen LogP contribution in [0.15, 0.2) is 29.6 Å². The number of sulfonamides is 1. The van der Waals surface area contributed by atoms with E-state index in [1.807, 2.05) is 5.38 Å². The van der Waals surface area contributed by atoms with Gasteiger partial charge in [-0.3, -0.25) is 9.52 Å². The largest absolute Gasteiger partial charge is 0.392 e. The maximum absolute atomic E-state index is 12.1. The average molecular weight is 382 g/mol. The third-order valence-electron chi connectivity index (χ3n) is 3.64. The van der Waals surface area contributed by atoms with Crippen LogP contribution in [0.1, 0.15) is 6.42 Å². The molecule has 0 bridgehead atoms. The maximum Gasteiger partial charge on any atom is 0.243 e. The molecular formula is C15H18N4O4S2. The van der Waals surface area contributed by atoms with Crippen LogP contribution in [0.2, 0.25) is 0 Å². The molecule has 2 heterocycles. The number of nitrogens with one attached hydrogen (secondary N) is 3. The summed E-state index contributed by atoms with van der Waals surface area (Å²) in [6.45, 7) is 0.412. The molecule has 1 amide bonds. The Bertz CT molecular complexity index is 864. The lowest BCUT2D eigenvalue weighted by molar-refractivity contribution is -0.117. The summed E-state index contributed by atoms with van der Waals surface area (Å²) >= 11 is 1.30. The van der Waals surface area contributed by atoms with Gasteiger partial charge in [0.1, 0.15) is 0 Å². The fraction of sp³-hybridized carbons (Fsp3) is 0.333. The van der Waals surface area contributed by atoms with Gasteiger partial charge in [-0.2, -0.15) is 0 Å². The Balaban J connectivity index is 1.66. The Morgan fingerprint density at radius 2 is 2.08 bits per heavy atom. The maximum atomic E-state index is 12.1. The summed E-state index contributed by atoms with van der Waals surface area (Å²) in [5, 5.41) is 17.4. The number of aliphatic hydroxyl groups excluding tert-OH is 1. The lowest BCUT2D eigenvalue weighted by atomic mass is 10.1. The lowest BCUT2D eigenvalue weighted by Crippen LogP contribution is -2.35. The number of β-amino-alcohol motifs (C(OH)–C–C–N with tert-alkyl or cyclic N) is 1. The predicted octanol–water partition coefficient (Wildman–Crippen LogP) is 0.843. The number of thiazole rings is 1. The van der Waals surface area contributed by atoms with Gasteiger partial charge in [0.05, 0.1) is 24.1 Å². The number of carbonyl (C=O) groups excluding carboxylic acids is 1. The van der Waals surface area contributed by atoms with Gasteiger partial charge in [0.25, 0.3) is 0 Å². The third-order valence-corrected chi connectivity index (χ3v) is 5.01. The van der Waals surface area contributed by atoms with Gasteiger partial charge in [-0.05, 0) is 18.6 Å². The predicted molar refractivity (Wildman–Crippen MR) is 97.1 cm³/mol. The van der Waals surface area contributed by atoms with E-state index in [9.17, 15) is 18.3 Å². The highest BCUT2D eigenvalue weighted by molar-refractivity contribution is 7.92. The molecular weight excluding hydrogens is 364 g/mol. The van der Waals surface area contributed by atoms with E-state index < -0.39 is 22.2 Å². The summed E-state index contributed by atoms with van der Waals surface area (Å²) in [5.74, 6) is -0.217. The highest BCUT2D eigenvalue weighted by Gasteiger charge is 2.28. The molecule has 3 rings (SSSR count). The zero-order valence-corrected chi connectivity index (χ0v) is 15.0. The van der Waals surface area contributed by atoms with Crippen molar-refractivity contribution in [3.63, 3.8) is 0 Å². The monoisotopic (exact) mass is 382 g/mol. The number of aliphatic hydroxyl groups is 1. The van der Waals surface area contributed by atoms with Crippen molar-refractivity contribution in [1.29, 1.82) is 0 Å². The van der Waals surface area contributed by atoms with Crippen molar-refractivity contribution in [1.82, 2.24) is 10.3 Å². The Morgan fingerprint density at radius 1 is 1.36 bits per heavy atom. The summed E-state index contributed by atoms with van der Waals surface area (Å²) in [5.41, 5.74) is 1.97. The summed E-state index contributed by atoms with van der Waals surface area (Å²) in [6, 6.07) is 6.39. The number of carbonyl (C=O) groups is 1. The van der Waals surface area contributed by atoms with E-state index >= 15 is 0 Å². The molecule has 0 radical (unpaired) electrons. The van der Waals surface area contributed by atoms with E-state index in [-0.39, 0.29) is 5.91 Å². The first-order valence-corrected chi connectivity index (χ1v) is 10.3. The number of amides is 1. The first-order valence-electron chi connectivity index (χ1n) is 7.56. The second-order valence-corrected chi connectivity index (χ2v) is 8.44.